The minimum atomic E-state index is -4.27. The summed E-state index contributed by atoms with van der Waals surface area (Å²) < 4.78 is 87.5. The largest absolute Gasteiger partial charge is 0.457 e. The zero-order chi connectivity index (χ0) is 18.6. The van der Waals surface area contributed by atoms with Gasteiger partial charge in [-0.25, -0.2) is 8.78 Å². The average molecular weight is 367 g/mol. The van der Waals surface area contributed by atoms with E-state index in [1.165, 1.54) is 0 Å². The molecule has 8 nitrogen and oxygen atoms in total. The molecule has 0 aliphatic heterocycles. The number of rotatable bonds is 9. The van der Waals surface area contributed by atoms with E-state index in [0.29, 0.717) is 6.92 Å². The molecule has 24 heavy (non-hydrogen) atoms. The summed E-state index contributed by atoms with van der Waals surface area (Å²) in [6, 6.07) is -2.87. The quantitative estimate of drug-likeness (QED) is 0.619. The number of hydrogen-bond donors (Lipinski definition) is 2. The van der Waals surface area contributed by atoms with Gasteiger partial charge in [-0.15, -0.1) is 15.0 Å². The van der Waals surface area contributed by atoms with Crippen LogP contribution >= 0.6 is 0 Å². The highest BCUT2D eigenvalue weighted by molar-refractivity contribution is 5.09. The molecule has 0 aliphatic rings. The first-order valence-corrected chi connectivity index (χ1v) is 5.96. The molecular weight excluding hydrogens is 356 g/mol. The minimum Gasteiger partial charge on any atom is -0.457 e. The van der Waals surface area contributed by atoms with Crippen molar-refractivity contribution in [1.82, 2.24) is 15.0 Å². The molecule has 1 aromatic heterocycles. The number of nitrogens with zero attached hydrogens (tertiary/aromatic N) is 3. The van der Waals surface area contributed by atoms with Crippen molar-refractivity contribution >= 4 is 0 Å². The Bertz CT molecular complexity index is 457. The van der Waals surface area contributed by atoms with Crippen molar-refractivity contribution in [1.29, 1.82) is 0 Å². The third kappa shape index (κ3) is 9.14. The summed E-state index contributed by atoms with van der Waals surface area (Å²) in [5, 5.41) is 16.4. The molecule has 0 radical (unpaired) electrons. The molecule has 0 spiro atoms. The minimum absolute atomic E-state index is 0.488. The Kier molecular flexibility index (Phi) is 5.99. The third-order valence-corrected chi connectivity index (χ3v) is 1.78. The molecule has 0 amide bonds. The fraction of sp³-hybridized carbons (Fsp3) is 0.700. The Balaban J connectivity index is 2.91. The zero-order valence-electron chi connectivity index (χ0n) is 11.8. The molecule has 1 aromatic rings. The van der Waals surface area contributed by atoms with Crippen LogP contribution in [0.3, 0.4) is 0 Å². The molecule has 0 aromatic carbocycles. The summed E-state index contributed by atoms with van der Waals surface area (Å²) in [5.41, 5.74) is 0. The van der Waals surface area contributed by atoms with Crippen molar-refractivity contribution < 1.29 is 50.8 Å². The second-order valence-electron chi connectivity index (χ2n) is 4.45. The SMILES string of the molecule is CC(F)(F)COc1nc(OCC(O)(F)F)nc(OCC(O)(F)F)n1. The predicted molar refractivity (Wildman–Crippen MR) is 61.3 cm³/mol. The Morgan fingerprint density at radius 2 is 1.00 bits per heavy atom. The Morgan fingerprint density at radius 3 is 1.25 bits per heavy atom. The summed E-state index contributed by atoms with van der Waals surface area (Å²) in [7, 11) is 0. The van der Waals surface area contributed by atoms with Gasteiger partial charge >= 0.3 is 30.2 Å². The maximum atomic E-state index is 12.7. The molecule has 1 rings (SSSR count). The molecule has 138 valence electrons. The van der Waals surface area contributed by atoms with Gasteiger partial charge < -0.3 is 24.4 Å². The van der Waals surface area contributed by atoms with Crippen LogP contribution in [0.5, 0.6) is 18.0 Å². The van der Waals surface area contributed by atoms with Gasteiger partial charge in [-0.3, -0.25) is 0 Å². The van der Waals surface area contributed by atoms with Gasteiger partial charge in [0.1, 0.15) is 0 Å². The highest BCUT2D eigenvalue weighted by Crippen LogP contribution is 2.20. The Morgan fingerprint density at radius 1 is 0.708 bits per heavy atom. The fourth-order valence-corrected chi connectivity index (χ4v) is 1.01. The monoisotopic (exact) mass is 367 g/mol. The third-order valence-electron chi connectivity index (χ3n) is 1.78. The molecule has 0 atom stereocenters. The van der Waals surface area contributed by atoms with E-state index in [1.54, 1.807) is 0 Å². The highest BCUT2D eigenvalue weighted by atomic mass is 19.3. The van der Waals surface area contributed by atoms with E-state index < -0.39 is 56.0 Å². The molecule has 0 aliphatic carbocycles. The van der Waals surface area contributed by atoms with E-state index >= 15 is 0 Å². The Labute approximate surface area is 130 Å². The molecule has 0 saturated heterocycles. The van der Waals surface area contributed by atoms with Crippen LogP contribution < -0.4 is 14.2 Å². The standard InChI is InChI=1S/C10H11F6N3O5/c1-8(11,12)2-22-5-17-6(23-3-9(13,14)20)19-7(18-5)24-4-10(15,16)21/h20-21H,2-4H2,1H3. The number of ether oxygens (including phenoxy) is 3. The maximum Gasteiger partial charge on any atom is 0.387 e. The van der Waals surface area contributed by atoms with E-state index in [-0.39, 0.29) is 0 Å². The first-order chi connectivity index (χ1) is 10.7. The summed E-state index contributed by atoms with van der Waals surface area (Å²) >= 11 is 0. The Hall–Kier alpha value is -2.09. The molecule has 1 heterocycles. The van der Waals surface area contributed by atoms with Gasteiger partial charge in [-0.1, -0.05) is 0 Å². The number of aromatic nitrogens is 3. The van der Waals surface area contributed by atoms with Crippen LogP contribution in [0.4, 0.5) is 26.3 Å². The predicted octanol–water partition coefficient (Wildman–Crippen LogP) is 0.833. The number of alkyl halides is 6. The van der Waals surface area contributed by atoms with Crippen LogP contribution in [-0.4, -0.2) is 63.1 Å². The lowest BCUT2D eigenvalue weighted by molar-refractivity contribution is -0.218. The summed E-state index contributed by atoms with van der Waals surface area (Å²) in [4.78, 5) is 9.58. The van der Waals surface area contributed by atoms with E-state index in [4.69, 9.17) is 10.2 Å². The van der Waals surface area contributed by atoms with E-state index in [2.05, 4.69) is 29.2 Å². The van der Waals surface area contributed by atoms with Crippen molar-refractivity contribution in [2.45, 2.75) is 25.1 Å². The van der Waals surface area contributed by atoms with Gasteiger partial charge in [0, 0.05) is 6.92 Å². The van der Waals surface area contributed by atoms with Crippen LogP contribution in [0.15, 0.2) is 0 Å². The molecule has 14 heteroatoms. The van der Waals surface area contributed by atoms with Crippen molar-refractivity contribution in [3.63, 3.8) is 0 Å². The average Bonchev–Trinajstić information content (AvgIpc) is 2.38. The van der Waals surface area contributed by atoms with E-state index in [0.717, 1.165) is 0 Å². The number of aliphatic hydroxyl groups is 2. The van der Waals surface area contributed by atoms with Gasteiger partial charge in [0.2, 0.25) is 0 Å². The van der Waals surface area contributed by atoms with Gasteiger partial charge in [0.05, 0.1) is 0 Å². The van der Waals surface area contributed by atoms with Crippen molar-refractivity contribution in [2.24, 2.45) is 0 Å². The fourth-order valence-electron chi connectivity index (χ4n) is 1.01. The molecular formula is C10H11F6N3O5. The molecule has 0 saturated carbocycles. The second kappa shape index (κ2) is 7.21. The van der Waals surface area contributed by atoms with E-state index in [9.17, 15) is 26.3 Å². The molecule has 0 fully saturated rings. The lowest BCUT2D eigenvalue weighted by atomic mass is 10.4. The van der Waals surface area contributed by atoms with Crippen LogP contribution in [0.2, 0.25) is 0 Å². The zero-order valence-corrected chi connectivity index (χ0v) is 11.8. The van der Waals surface area contributed by atoms with Crippen molar-refractivity contribution in [3.05, 3.63) is 0 Å². The van der Waals surface area contributed by atoms with Crippen molar-refractivity contribution in [2.75, 3.05) is 19.8 Å². The summed E-state index contributed by atoms with van der Waals surface area (Å²) in [6.07, 6.45) is -8.55. The normalized spacial score (nSPS) is 12.9. The highest BCUT2D eigenvalue weighted by Gasteiger charge is 2.29. The summed E-state index contributed by atoms with van der Waals surface area (Å²) in [5.74, 6) is -3.31. The number of halogens is 6. The van der Waals surface area contributed by atoms with Crippen molar-refractivity contribution in [3.8, 4) is 18.0 Å². The second-order valence-corrected chi connectivity index (χ2v) is 4.45. The van der Waals surface area contributed by atoms with Gasteiger partial charge in [0.15, 0.2) is 19.8 Å². The molecule has 0 unspecified atom stereocenters. The number of hydrogen-bond acceptors (Lipinski definition) is 8. The lowest BCUT2D eigenvalue weighted by Crippen LogP contribution is -2.27. The molecule has 0 bridgehead atoms. The van der Waals surface area contributed by atoms with Gasteiger partial charge in [-0.05, 0) is 0 Å². The summed E-state index contributed by atoms with van der Waals surface area (Å²) in [6.45, 7) is -4.00. The van der Waals surface area contributed by atoms with Crippen LogP contribution in [0, 0.1) is 0 Å². The van der Waals surface area contributed by atoms with Crippen LogP contribution in [0.1, 0.15) is 6.92 Å². The topological polar surface area (TPSA) is 107 Å². The van der Waals surface area contributed by atoms with Gasteiger partial charge in [0.25, 0.3) is 5.92 Å². The molecule has 2 N–H and O–H groups in total. The first kappa shape index (κ1) is 20.0. The maximum absolute atomic E-state index is 12.7. The van der Waals surface area contributed by atoms with Crippen LogP contribution in [-0.2, 0) is 0 Å². The first-order valence-electron chi connectivity index (χ1n) is 5.96. The van der Waals surface area contributed by atoms with E-state index in [1.807, 2.05) is 0 Å². The van der Waals surface area contributed by atoms with Crippen LogP contribution in [0.25, 0.3) is 0 Å². The smallest absolute Gasteiger partial charge is 0.387 e. The lowest BCUT2D eigenvalue weighted by Gasteiger charge is -2.14. The van der Waals surface area contributed by atoms with Gasteiger partial charge in [-0.2, -0.15) is 17.6 Å².